The molecule has 0 saturated carbocycles. The number of halogens is 1. The van der Waals surface area contributed by atoms with E-state index in [1.54, 1.807) is 30.3 Å². The van der Waals surface area contributed by atoms with Gasteiger partial charge in [0.15, 0.2) is 0 Å². The van der Waals surface area contributed by atoms with Gasteiger partial charge in [-0.2, -0.15) is 0 Å². The summed E-state index contributed by atoms with van der Waals surface area (Å²) < 4.78 is 24.3. The molecule has 0 aromatic heterocycles. The Morgan fingerprint density at radius 3 is 2.43 bits per heavy atom. The number of nitrogens with zero attached hydrogens (tertiary/aromatic N) is 1. The van der Waals surface area contributed by atoms with Crippen LogP contribution in [0.3, 0.4) is 0 Å². The van der Waals surface area contributed by atoms with E-state index >= 15 is 0 Å². The summed E-state index contributed by atoms with van der Waals surface area (Å²) in [6.45, 7) is 0.363. The molecule has 0 bridgehead atoms. The molecule has 2 aromatic carbocycles. The summed E-state index contributed by atoms with van der Waals surface area (Å²) in [5, 5.41) is 3.43. The first-order valence-corrected chi connectivity index (χ1v) is 9.06. The summed E-state index contributed by atoms with van der Waals surface area (Å²) in [4.78, 5) is 12.2. The normalized spacial score (nSPS) is 11.1. The minimum atomic E-state index is -3.37. The lowest BCUT2D eigenvalue weighted by Gasteiger charge is -2.17. The summed E-state index contributed by atoms with van der Waals surface area (Å²) in [6, 6.07) is 13.6. The Morgan fingerprint density at radius 1 is 1.17 bits per heavy atom. The van der Waals surface area contributed by atoms with Crippen LogP contribution in [0.1, 0.15) is 15.9 Å². The van der Waals surface area contributed by atoms with Gasteiger partial charge in [-0.15, -0.1) is 0 Å². The maximum atomic E-state index is 12.2. The van der Waals surface area contributed by atoms with Crippen LogP contribution in [0.5, 0.6) is 0 Å². The number of nitrogens with one attached hydrogen (secondary N) is 1. The first-order chi connectivity index (χ1) is 10.8. The van der Waals surface area contributed by atoms with E-state index in [1.807, 2.05) is 12.1 Å². The fourth-order valence-corrected chi connectivity index (χ4v) is 2.54. The average molecular weight is 353 g/mol. The molecule has 0 heterocycles. The Kier molecular flexibility index (Phi) is 5.28. The van der Waals surface area contributed by atoms with Gasteiger partial charge in [0.25, 0.3) is 5.91 Å². The zero-order valence-corrected chi connectivity index (χ0v) is 14.4. The molecular weight excluding hydrogens is 336 g/mol. The number of sulfonamides is 1. The zero-order chi connectivity index (χ0) is 17.0. The molecule has 1 amide bonds. The van der Waals surface area contributed by atoms with Crippen LogP contribution < -0.4 is 9.62 Å². The van der Waals surface area contributed by atoms with Crippen molar-refractivity contribution in [1.29, 1.82) is 0 Å². The molecule has 1 N–H and O–H groups in total. The van der Waals surface area contributed by atoms with E-state index in [4.69, 9.17) is 11.6 Å². The molecule has 0 aliphatic heterocycles. The highest BCUT2D eigenvalue weighted by Gasteiger charge is 2.14. The highest BCUT2D eigenvalue weighted by Crippen LogP contribution is 2.17. The van der Waals surface area contributed by atoms with Crippen LogP contribution in [0.2, 0.25) is 5.02 Å². The van der Waals surface area contributed by atoms with Crippen LogP contribution in [0.15, 0.2) is 48.5 Å². The highest BCUT2D eigenvalue weighted by atomic mass is 35.5. The van der Waals surface area contributed by atoms with Crippen molar-refractivity contribution >= 4 is 33.2 Å². The molecule has 0 unspecified atom stereocenters. The van der Waals surface area contributed by atoms with Crippen LogP contribution in [-0.2, 0) is 16.6 Å². The van der Waals surface area contributed by atoms with Crippen LogP contribution >= 0.6 is 11.6 Å². The van der Waals surface area contributed by atoms with Gasteiger partial charge in [-0.3, -0.25) is 9.10 Å². The van der Waals surface area contributed by atoms with Crippen molar-refractivity contribution in [1.82, 2.24) is 5.32 Å². The summed E-state index contributed by atoms with van der Waals surface area (Å²) in [7, 11) is -1.92. The number of anilines is 1. The van der Waals surface area contributed by atoms with Crippen molar-refractivity contribution in [3.05, 3.63) is 64.7 Å². The van der Waals surface area contributed by atoms with Crippen LogP contribution in [0.25, 0.3) is 0 Å². The Labute approximate surface area is 140 Å². The van der Waals surface area contributed by atoms with Gasteiger partial charge >= 0.3 is 0 Å². The van der Waals surface area contributed by atoms with Gasteiger partial charge in [0.05, 0.1) is 11.9 Å². The molecule has 23 heavy (non-hydrogen) atoms. The van der Waals surface area contributed by atoms with Crippen molar-refractivity contribution in [2.75, 3.05) is 17.6 Å². The molecule has 7 heteroatoms. The molecule has 0 saturated heterocycles. The third-order valence-electron chi connectivity index (χ3n) is 3.34. The van der Waals surface area contributed by atoms with Crippen molar-refractivity contribution in [3.8, 4) is 0 Å². The SMILES string of the molecule is CN(c1cccc(C(=O)NCc2ccc(Cl)cc2)c1)S(C)(=O)=O. The second-order valence-corrected chi connectivity index (χ2v) is 7.54. The van der Waals surface area contributed by atoms with E-state index < -0.39 is 10.0 Å². The Morgan fingerprint density at radius 2 is 1.83 bits per heavy atom. The quantitative estimate of drug-likeness (QED) is 0.899. The third-order valence-corrected chi connectivity index (χ3v) is 4.79. The van der Waals surface area contributed by atoms with Crippen molar-refractivity contribution in [2.45, 2.75) is 6.54 Å². The average Bonchev–Trinajstić information content (AvgIpc) is 2.52. The van der Waals surface area contributed by atoms with Crippen LogP contribution in [0, 0.1) is 0 Å². The summed E-state index contributed by atoms with van der Waals surface area (Å²) in [5.74, 6) is -0.274. The van der Waals surface area contributed by atoms with Gasteiger partial charge in [-0.05, 0) is 35.9 Å². The smallest absolute Gasteiger partial charge is 0.251 e. The molecule has 122 valence electrons. The molecule has 2 aromatic rings. The number of carbonyl (C=O) groups excluding carboxylic acids is 1. The molecule has 0 aliphatic rings. The maximum Gasteiger partial charge on any atom is 0.251 e. The second kappa shape index (κ2) is 7.02. The predicted molar refractivity (Wildman–Crippen MR) is 92.3 cm³/mol. The van der Waals surface area contributed by atoms with E-state index in [1.165, 1.54) is 13.1 Å². The highest BCUT2D eigenvalue weighted by molar-refractivity contribution is 7.92. The topological polar surface area (TPSA) is 66.5 Å². The lowest BCUT2D eigenvalue weighted by atomic mass is 10.1. The van der Waals surface area contributed by atoms with E-state index in [-0.39, 0.29) is 5.91 Å². The molecule has 0 spiro atoms. The van der Waals surface area contributed by atoms with E-state index in [0.717, 1.165) is 16.1 Å². The summed E-state index contributed by atoms with van der Waals surface area (Å²) >= 11 is 5.81. The zero-order valence-electron chi connectivity index (χ0n) is 12.8. The van der Waals surface area contributed by atoms with Gasteiger partial charge in [0.1, 0.15) is 0 Å². The third kappa shape index (κ3) is 4.71. The lowest BCUT2D eigenvalue weighted by Crippen LogP contribution is -2.26. The van der Waals surface area contributed by atoms with Crippen molar-refractivity contribution < 1.29 is 13.2 Å². The summed E-state index contributed by atoms with van der Waals surface area (Å²) in [5.41, 5.74) is 1.76. The molecule has 0 radical (unpaired) electrons. The number of carbonyl (C=O) groups is 1. The maximum absolute atomic E-state index is 12.2. The van der Waals surface area contributed by atoms with Gasteiger partial charge in [-0.25, -0.2) is 8.42 Å². The number of benzene rings is 2. The van der Waals surface area contributed by atoms with Crippen LogP contribution in [-0.4, -0.2) is 27.6 Å². The monoisotopic (exact) mass is 352 g/mol. The fraction of sp³-hybridized carbons (Fsp3) is 0.188. The second-order valence-electron chi connectivity index (χ2n) is 5.09. The molecule has 0 atom stereocenters. The Hall–Kier alpha value is -2.05. The number of hydrogen-bond donors (Lipinski definition) is 1. The molecule has 5 nitrogen and oxygen atoms in total. The van der Waals surface area contributed by atoms with Crippen molar-refractivity contribution in [2.24, 2.45) is 0 Å². The number of hydrogen-bond acceptors (Lipinski definition) is 3. The van der Waals surface area contributed by atoms with Crippen molar-refractivity contribution in [3.63, 3.8) is 0 Å². The number of amides is 1. The van der Waals surface area contributed by atoms with E-state index in [0.29, 0.717) is 22.8 Å². The van der Waals surface area contributed by atoms with E-state index in [9.17, 15) is 13.2 Å². The minimum absolute atomic E-state index is 0.274. The van der Waals surface area contributed by atoms with E-state index in [2.05, 4.69) is 5.32 Å². The molecule has 0 aliphatic carbocycles. The molecular formula is C16H17ClN2O3S. The van der Waals surface area contributed by atoms with Crippen LogP contribution in [0.4, 0.5) is 5.69 Å². The van der Waals surface area contributed by atoms with Gasteiger partial charge in [-0.1, -0.05) is 29.8 Å². The first-order valence-electron chi connectivity index (χ1n) is 6.84. The Bertz CT molecular complexity index is 804. The van der Waals surface area contributed by atoms with Gasteiger partial charge < -0.3 is 5.32 Å². The molecule has 2 rings (SSSR count). The largest absolute Gasteiger partial charge is 0.348 e. The summed E-state index contributed by atoms with van der Waals surface area (Å²) in [6.07, 6.45) is 1.11. The minimum Gasteiger partial charge on any atom is -0.348 e. The first kappa shape index (κ1) is 17.3. The lowest BCUT2D eigenvalue weighted by molar-refractivity contribution is 0.0951. The number of rotatable bonds is 5. The van der Waals surface area contributed by atoms with Gasteiger partial charge in [0, 0.05) is 24.2 Å². The fourth-order valence-electron chi connectivity index (χ4n) is 1.92. The predicted octanol–water partition coefficient (Wildman–Crippen LogP) is 2.67. The Balaban J connectivity index is 2.09. The standard InChI is InChI=1S/C16H17ClN2O3S/c1-19(23(2,21)22)15-5-3-4-13(10-15)16(20)18-11-12-6-8-14(17)9-7-12/h3-10H,11H2,1-2H3,(H,18,20). The van der Waals surface area contributed by atoms with Gasteiger partial charge in [0.2, 0.25) is 10.0 Å². The molecule has 0 fully saturated rings.